The largest absolute Gasteiger partial charge is 0.203 e. The SMILES string of the molecule is CC(C)n1c2ccccc2c[n+]1C(C)C. The average molecular weight is 203 g/mol. The summed E-state index contributed by atoms with van der Waals surface area (Å²) in [6.07, 6.45) is 2.24. The zero-order valence-corrected chi connectivity index (χ0v) is 9.94. The number of aromatic nitrogens is 2. The zero-order chi connectivity index (χ0) is 11.0. The van der Waals surface area contributed by atoms with Crippen LogP contribution in [0.15, 0.2) is 30.5 Å². The maximum Gasteiger partial charge on any atom is 0.203 e. The molecule has 2 rings (SSSR count). The fraction of sp³-hybridized carbons (Fsp3) is 0.462. The molecule has 0 aliphatic carbocycles. The van der Waals surface area contributed by atoms with Gasteiger partial charge in [0.15, 0.2) is 6.04 Å². The van der Waals surface area contributed by atoms with Crippen LogP contribution >= 0.6 is 0 Å². The smallest absolute Gasteiger partial charge is 0.150 e. The van der Waals surface area contributed by atoms with Gasteiger partial charge in [0.05, 0.1) is 11.4 Å². The van der Waals surface area contributed by atoms with Crippen molar-refractivity contribution in [2.45, 2.75) is 39.8 Å². The molecule has 0 saturated heterocycles. The van der Waals surface area contributed by atoms with Gasteiger partial charge in [-0.2, -0.15) is 4.68 Å². The predicted octanol–water partition coefficient (Wildman–Crippen LogP) is 3.09. The lowest BCUT2D eigenvalue weighted by Crippen LogP contribution is -2.45. The molecule has 2 aromatic rings. The molecule has 1 aromatic heterocycles. The van der Waals surface area contributed by atoms with Gasteiger partial charge >= 0.3 is 0 Å². The number of hydrogen-bond acceptors (Lipinski definition) is 0. The Morgan fingerprint density at radius 3 is 2.33 bits per heavy atom. The maximum atomic E-state index is 2.36. The normalized spacial score (nSPS) is 11.9. The second-order valence-corrected chi connectivity index (χ2v) is 4.60. The molecule has 1 aromatic carbocycles. The molecule has 0 amide bonds. The number of rotatable bonds is 2. The van der Waals surface area contributed by atoms with Gasteiger partial charge in [-0.25, -0.2) is 0 Å². The molecule has 0 saturated carbocycles. The molecule has 0 spiro atoms. The van der Waals surface area contributed by atoms with Crippen LogP contribution in [0.1, 0.15) is 39.8 Å². The Hall–Kier alpha value is -1.31. The predicted molar refractivity (Wildman–Crippen MR) is 62.9 cm³/mol. The highest BCUT2D eigenvalue weighted by molar-refractivity contribution is 5.77. The molecule has 0 fully saturated rings. The minimum absolute atomic E-state index is 0.493. The molecule has 0 unspecified atom stereocenters. The summed E-state index contributed by atoms with van der Waals surface area (Å²) >= 11 is 0. The van der Waals surface area contributed by atoms with Crippen molar-refractivity contribution in [2.75, 3.05) is 0 Å². The molecule has 0 bridgehead atoms. The second kappa shape index (κ2) is 3.69. The number of para-hydroxylation sites is 1. The van der Waals surface area contributed by atoms with Crippen LogP contribution in [0.25, 0.3) is 10.9 Å². The molecule has 2 nitrogen and oxygen atoms in total. The Morgan fingerprint density at radius 2 is 1.73 bits per heavy atom. The molecule has 0 aliphatic heterocycles. The van der Waals surface area contributed by atoms with Crippen LogP contribution in [0.4, 0.5) is 0 Å². The van der Waals surface area contributed by atoms with E-state index < -0.39 is 0 Å². The van der Waals surface area contributed by atoms with Gasteiger partial charge < -0.3 is 0 Å². The van der Waals surface area contributed by atoms with Crippen LogP contribution in [-0.2, 0) is 0 Å². The van der Waals surface area contributed by atoms with Gasteiger partial charge in [-0.3, -0.25) is 0 Å². The molecule has 0 aliphatic rings. The van der Waals surface area contributed by atoms with Gasteiger partial charge in [0.2, 0.25) is 6.20 Å². The first-order valence-electron chi connectivity index (χ1n) is 5.62. The first-order valence-corrected chi connectivity index (χ1v) is 5.62. The standard InChI is InChI=1S/C13H19N2/c1-10(2)14-9-12-7-5-6-8-13(12)15(14)11(3)4/h5-11H,1-4H3/q+1. The van der Waals surface area contributed by atoms with Gasteiger partial charge in [-0.05, 0) is 39.8 Å². The van der Waals surface area contributed by atoms with Crippen molar-refractivity contribution < 1.29 is 4.68 Å². The molecule has 0 N–H and O–H groups in total. The minimum Gasteiger partial charge on any atom is -0.150 e. The Bertz CT molecular complexity index is 466. The van der Waals surface area contributed by atoms with Gasteiger partial charge in [-0.1, -0.05) is 12.1 Å². The molecule has 0 radical (unpaired) electrons. The van der Waals surface area contributed by atoms with Crippen LogP contribution < -0.4 is 4.68 Å². The fourth-order valence-electron chi connectivity index (χ4n) is 2.08. The number of nitrogens with zero attached hydrogens (tertiary/aromatic N) is 2. The lowest BCUT2D eigenvalue weighted by Gasteiger charge is -2.09. The average Bonchev–Trinajstić information content (AvgIpc) is 2.56. The molecule has 1 heterocycles. The van der Waals surface area contributed by atoms with E-state index in [1.165, 1.54) is 10.9 Å². The second-order valence-electron chi connectivity index (χ2n) is 4.60. The Morgan fingerprint density at radius 1 is 1.07 bits per heavy atom. The van der Waals surface area contributed by atoms with Crippen molar-refractivity contribution in [3.63, 3.8) is 0 Å². The highest BCUT2D eigenvalue weighted by Gasteiger charge is 2.19. The van der Waals surface area contributed by atoms with E-state index >= 15 is 0 Å². The van der Waals surface area contributed by atoms with E-state index in [1.54, 1.807) is 0 Å². The van der Waals surface area contributed by atoms with Crippen molar-refractivity contribution >= 4 is 10.9 Å². The van der Waals surface area contributed by atoms with Crippen LogP contribution in [0.2, 0.25) is 0 Å². The number of benzene rings is 1. The van der Waals surface area contributed by atoms with Crippen molar-refractivity contribution in [1.82, 2.24) is 4.68 Å². The Labute approximate surface area is 91.1 Å². The number of fused-ring (bicyclic) bond motifs is 1. The third-order valence-corrected chi connectivity index (χ3v) is 2.72. The molecule has 15 heavy (non-hydrogen) atoms. The van der Waals surface area contributed by atoms with Crippen LogP contribution in [0.5, 0.6) is 0 Å². The highest BCUT2D eigenvalue weighted by Crippen LogP contribution is 2.17. The van der Waals surface area contributed by atoms with Crippen molar-refractivity contribution in [2.24, 2.45) is 0 Å². The van der Waals surface area contributed by atoms with E-state index in [9.17, 15) is 0 Å². The quantitative estimate of drug-likeness (QED) is 0.663. The molecule has 0 atom stereocenters. The van der Waals surface area contributed by atoms with E-state index in [-0.39, 0.29) is 0 Å². The highest BCUT2D eigenvalue weighted by atomic mass is 15.4. The maximum absolute atomic E-state index is 2.36. The third-order valence-electron chi connectivity index (χ3n) is 2.72. The number of hydrogen-bond donors (Lipinski definition) is 0. The van der Waals surface area contributed by atoms with Crippen molar-refractivity contribution in [3.05, 3.63) is 30.5 Å². The first-order chi connectivity index (χ1) is 7.11. The molecule has 2 heteroatoms. The summed E-state index contributed by atoms with van der Waals surface area (Å²) < 4.78 is 4.68. The molecular weight excluding hydrogens is 184 g/mol. The van der Waals surface area contributed by atoms with E-state index in [2.05, 4.69) is 67.5 Å². The van der Waals surface area contributed by atoms with E-state index in [4.69, 9.17) is 0 Å². The zero-order valence-electron chi connectivity index (χ0n) is 9.94. The first kappa shape index (κ1) is 10.2. The molecule has 80 valence electrons. The summed E-state index contributed by atoms with van der Waals surface area (Å²) in [4.78, 5) is 0. The van der Waals surface area contributed by atoms with Crippen LogP contribution in [-0.4, -0.2) is 4.68 Å². The van der Waals surface area contributed by atoms with Gasteiger partial charge in [0.25, 0.3) is 0 Å². The molecular formula is C13H19N2+. The Kier molecular flexibility index (Phi) is 2.51. The van der Waals surface area contributed by atoms with Gasteiger partial charge in [0, 0.05) is 0 Å². The van der Waals surface area contributed by atoms with Crippen LogP contribution in [0.3, 0.4) is 0 Å². The van der Waals surface area contributed by atoms with Gasteiger partial charge in [-0.15, -0.1) is 4.68 Å². The van der Waals surface area contributed by atoms with Crippen LogP contribution in [0, 0.1) is 0 Å². The topological polar surface area (TPSA) is 8.81 Å². The summed E-state index contributed by atoms with van der Waals surface area (Å²) in [6.45, 7) is 8.90. The minimum atomic E-state index is 0.493. The summed E-state index contributed by atoms with van der Waals surface area (Å²) in [6, 6.07) is 9.55. The van der Waals surface area contributed by atoms with Crippen molar-refractivity contribution in [1.29, 1.82) is 0 Å². The monoisotopic (exact) mass is 203 g/mol. The third kappa shape index (κ3) is 1.65. The summed E-state index contributed by atoms with van der Waals surface area (Å²) in [5, 5.41) is 1.32. The fourth-order valence-corrected chi connectivity index (χ4v) is 2.08. The van der Waals surface area contributed by atoms with Crippen molar-refractivity contribution in [3.8, 4) is 0 Å². The van der Waals surface area contributed by atoms with E-state index in [0.717, 1.165) is 0 Å². The lowest BCUT2D eigenvalue weighted by atomic mass is 10.2. The summed E-state index contributed by atoms with van der Waals surface area (Å²) in [5.74, 6) is 0. The van der Waals surface area contributed by atoms with Gasteiger partial charge in [0.1, 0.15) is 5.52 Å². The summed E-state index contributed by atoms with van der Waals surface area (Å²) in [7, 11) is 0. The summed E-state index contributed by atoms with van der Waals surface area (Å²) in [5.41, 5.74) is 1.32. The van der Waals surface area contributed by atoms with E-state index in [0.29, 0.717) is 12.1 Å². The Balaban J connectivity index is 2.75. The lowest BCUT2D eigenvalue weighted by molar-refractivity contribution is -0.791. The van der Waals surface area contributed by atoms with E-state index in [1.807, 2.05) is 0 Å².